The first kappa shape index (κ1) is 13.7. The number of carbonyl (C=O) groups is 3. The molecule has 0 aromatic heterocycles. The molecule has 0 bridgehead atoms. The number of amides is 1. The van der Waals surface area contributed by atoms with Gasteiger partial charge in [-0.3, -0.25) is 19.3 Å². The van der Waals surface area contributed by atoms with Crippen LogP contribution < -0.4 is 10.2 Å². The van der Waals surface area contributed by atoms with Gasteiger partial charge in [0.25, 0.3) is 5.78 Å². The molecule has 1 N–H and O–H groups in total. The van der Waals surface area contributed by atoms with E-state index in [2.05, 4.69) is 5.32 Å². The highest BCUT2D eigenvalue weighted by Crippen LogP contribution is 2.30. The third-order valence-corrected chi connectivity index (χ3v) is 3.97. The Morgan fingerprint density at radius 1 is 0.957 bits per heavy atom. The van der Waals surface area contributed by atoms with Crippen molar-refractivity contribution in [1.82, 2.24) is 0 Å². The zero-order chi connectivity index (χ0) is 16.0. The summed E-state index contributed by atoms with van der Waals surface area (Å²) < 4.78 is 5.55. The van der Waals surface area contributed by atoms with Crippen LogP contribution in [0.1, 0.15) is 20.7 Å². The predicted molar refractivity (Wildman–Crippen MR) is 82.4 cm³/mol. The van der Waals surface area contributed by atoms with Crippen LogP contribution >= 0.6 is 0 Å². The molecule has 2 aromatic carbocycles. The van der Waals surface area contributed by atoms with E-state index >= 15 is 0 Å². The van der Waals surface area contributed by atoms with Gasteiger partial charge in [-0.25, -0.2) is 0 Å². The van der Waals surface area contributed by atoms with Crippen molar-refractivity contribution in [2.75, 3.05) is 16.9 Å². The highest BCUT2D eigenvalue weighted by atomic mass is 16.5. The first-order valence-electron chi connectivity index (χ1n) is 7.13. The Labute approximate surface area is 131 Å². The number of ketones is 2. The van der Waals surface area contributed by atoms with Crippen LogP contribution in [0, 0.1) is 0 Å². The molecule has 0 radical (unpaired) electrons. The molecule has 0 aliphatic carbocycles. The van der Waals surface area contributed by atoms with Crippen LogP contribution in [0.5, 0.6) is 0 Å². The van der Waals surface area contributed by atoms with Crippen LogP contribution in [-0.4, -0.2) is 30.4 Å². The molecule has 6 heteroatoms. The van der Waals surface area contributed by atoms with Crippen LogP contribution in [0.4, 0.5) is 11.4 Å². The van der Waals surface area contributed by atoms with Crippen molar-refractivity contribution in [2.24, 2.45) is 0 Å². The first-order chi connectivity index (χ1) is 11.2. The smallest absolute Gasteiger partial charge is 0.301 e. The maximum atomic E-state index is 12.2. The molecule has 0 saturated heterocycles. The Morgan fingerprint density at radius 3 is 2.43 bits per heavy atom. The Balaban J connectivity index is 1.52. The van der Waals surface area contributed by atoms with Crippen molar-refractivity contribution < 1.29 is 19.1 Å². The number of anilines is 2. The number of Topliss-reactive ketones (excluding diaryl/α,β-unsaturated/α-hetero) is 2. The summed E-state index contributed by atoms with van der Waals surface area (Å²) in [6.45, 7) is -0.168. The van der Waals surface area contributed by atoms with E-state index in [-0.39, 0.29) is 12.5 Å². The van der Waals surface area contributed by atoms with Crippen molar-refractivity contribution in [1.29, 1.82) is 0 Å². The zero-order valence-corrected chi connectivity index (χ0v) is 12.0. The summed E-state index contributed by atoms with van der Waals surface area (Å²) in [5.74, 6) is -1.39. The molecule has 1 unspecified atom stereocenters. The summed E-state index contributed by atoms with van der Waals surface area (Å²) in [5, 5.41) is 2.96. The Morgan fingerprint density at radius 2 is 1.65 bits per heavy atom. The van der Waals surface area contributed by atoms with E-state index in [1.807, 2.05) is 6.07 Å². The van der Waals surface area contributed by atoms with E-state index in [9.17, 15) is 14.4 Å². The Bertz CT molecular complexity index is 846. The monoisotopic (exact) mass is 308 g/mol. The topological polar surface area (TPSA) is 75.7 Å². The normalized spacial score (nSPS) is 18.9. The molecule has 0 saturated carbocycles. The molecule has 6 nitrogen and oxygen atoms in total. The van der Waals surface area contributed by atoms with Crippen molar-refractivity contribution in [2.45, 2.75) is 6.23 Å². The van der Waals surface area contributed by atoms with Crippen molar-refractivity contribution in [3.63, 3.8) is 0 Å². The number of ether oxygens (including phenoxy) is 1. The average Bonchev–Trinajstić information content (AvgIpc) is 3.02. The molecule has 0 spiro atoms. The summed E-state index contributed by atoms with van der Waals surface area (Å²) in [4.78, 5) is 37.5. The second-order valence-corrected chi connectivity index (χ2v) is 5.31. The minimum absolute atomic E-state index is 0.168. The van der Waals surface area contributed by atoms with E-state index in [0.717, 1.165) is 0 Å². The van der Waals surface area contributed by atoms with Crippen LogP contribution in [-0.2, 0) is 9.53 Å². The minimum atomic E-state index is -0.858. The van der Waals surface area contributed by atoms with E-state index in [1.54, 1.807) is 42.5 Å². The number of nitrogens with zero attached hydrogens (tertiary/aromatic N) is 1. The number of para-hydroxylation sites is 2. The second-order valence-electron chi connectivity index (χ2n) is 5.31. The molecule has 0 fully saturated rings. The average molecular weight is 308 g/mol. The largest absolute Gasteiger partial charge is 0.353 e. The summed E-state index contributed by atoms with van der Waals surface area (Å²) >= 11 is 0. The van der Waals surface area contributed by atoms with E-state index < -0.39 is 17.9 Å². The van der Waals surface area contributed by atoms with Crippen LogP contribution in [0.15, 0.2) is 48.5 Å². The molecular weight excluding hydrogens is 296 g/mol. The molecule has 4 rings (SSSR count). The lowest BCUT2D eigenvalue weighted by Gasteiger charge is -2.19. The summed E-state index contributed by atoms with van der Waals surface area (Å²) in [7, 11) is 0. The van der Waals surface area contributed by atoms with Gasteiger partial charge in [0.05, 0.1) is 11.3 Å². The lowest BCUT2D eigenvalue weighted by molar-refractivity contribution is -0.115. The third-order valence-electron chi connectivity index (χ3n) is 3.97. The van der Waals surface area contributed by atoms with Crippen LogP contribution in [0.2, 0.25) is 0 Å². The van der Waals surface area contributed by atoms with Gasteiger partial charge in [0, 0.05) is 11.3 Å². The number of carbonyl (C=O) groups excluding carboxylic acids is 3. The molecule has 2 aliphatic heterocycles. The fourth-order valence-corrected chi connectivity index (χ4v) is 2.81. The molecule has 2 heterocycles. The quantitative estimate of drug-likeness (QED) is 0.875. The lowest BCUT2D eigenvalue weighted by Crippen LogP contribution is -2.37. The molecule has 114 valence electrons. The Hall–Kier alpha value is -2.99. The van der Waals surface area contributed by atoms with Crippen LogP contribution in [0.3, 0.4) is 0 Å². The Kier molecular flexibility index (Phi) is 2.99. The van der Waals surface area contributed by atoms with Crippen LogP contribution in [0.25, 0.3) is 0 Å². The fraction of sp³-hybridized carbons (Fsp3) is 0.118. The van der Waals surface area contributed by atoms with Gasteiger partial charge in [0.2, 0.25) is 5.78 Å². The molecule has 1 amide bonds. The fourth-order valence-electron chi connectivity index (χ4n) is 2.81. The minimum Gasteiger partial charge on any atom is -0.353 e. The number of benzene rings is 2. The standard InChI is InChI=1S/C17H12N2O4/c20-14-10-5-1-3-7-12(10)18-16(14)23-9-19-13-8-4-2-6-11(13)15(21)17(19)22/h1-8,16,18H,9H2. The number of hydrogen-bond donors (Lipinski definition) is 1. The maximum absolute atomic E-state index is 12.2. The van der Waals surface area contributed by atoms with Gasteiger partial charge in [-0.2, -0.15) is 0 Å². The van der Waals surface area contributed by atoms with Gasteiger partial charge in [0.15, 0.2) is 6.23 Å². The van der Waals surface area contributed by atoms with Gasteiger partial charge in [-0.05, 0) is 24.3 Å². The lowest BCUT2D eigenvalue weighted by atomic mass is 10.1. The van der Waals surface area contributed by atoms with Gasteiger partial charge in [0.1, 0.15) is 6.73 Å². The summed E-state index contributed by atoms with van der Waals surface area (Å²) in [6, 6.07) is 13.8. The highest BCUT2D eigenvalue weighted by molar-refractivity contribution is 6.52. The van der Waals surface area contributed by atoms with Gasteiger partial charge >= 0.3 is 5.91 Å². The summed E-state index contributed by atoms with van der Waals surface area (Å²) in [6.07, 6.45) is -0.858. The van der Waals surface area contributed by atoms with E-state index in [0.29, 0.717) is 22.5 Å². The maximum Gasteiger partial charge on any atom is 0.301 e. The molecule has 2 aliphatic rings. The number of rotatable bonds is 3. The number of nitrogens with one attached hydrogen (secondary N) is 1. The van der Waals surface area contributed by atoms with Gasteiger partial charge in [-0.1, -0.05) is 24.3 Å². The number of hydrogen-bond acceptors (Lipinski definition) is 5. The van der Waals surface area contributed by atoms with Crippen molar-refractivity contribution in [3.05, 3.63) is 59.7 Å². The predicted octanol–water partition coefficient (Wildman–Crippen LogP) is 1.82. The van der Waals surface area contributed by atoms with E-state index in [1.165, 1.54) is 4.90 Å². The van der Waals surface area contributed by atoms with Crippen molar-refractivity contribution >= 4 is 28.8 Å². The molecule has 2 aromatic rings. The molecular formula is C17H12N2O4. The zero-order valence-electron chi connectivity index (χ0n) is 12.0. The number of fused-ring (bicyclic) bond motifs is 2. The van der Waals surface area contributed by atoms with Crippen molar-refractivity contribution in [3.8, 4) is 0 Å². The molecule has 1 atom stereocenters. The third kappa shape index (κ3) is 2.03. The van der Waals surface area contributed by atoms with Gasteiger partial charge in [-0.15, -0.1) is 0 Å². The second kappa shape index (κ2) is 5.03. The van der Waals surface area contributed by atoms with Gasteiger partial charge < -0.3 is 10.1 Å². The SMILES string of the molecule is O=C1C(=O)N(COC2Nc3ccccc3C2=O)c2ccccc21. The highest BCUT2D eigenvalue weighted by Gasteiger charge is 2.37. The first-order valence-corrected chi connectivity index (χ1v) is 7.13. The molecule has 23 heavy (non-hydrogen) atoms. The summed E-state index contributed by atoms with van der Waals surface area (Å²) in [5.41, 5.74) is 2.12. The van der Waals surface area contributed by atoms with E-state index in [4.69, 9.17) is 4.74 Å².